The van der Waals surface area contributed by atoms with Crippen molar-refractivity contribution in [3.63, 3.8) is 0 Å². The summed E-state index contributed by atoms with van der Waals surface area (Å²) in [6.45, 7) is 3.82. The summed E-state index contributed by atoms with van der Waals surface area (Å²) in [4.78, 5) is 33.9. The van der Waals surface area contributed by atoms with Gasteiger partial charge in [0.1, 0.15) is 6.10 Å². The molecule has 0 fully saturated rings. The van der Waals surface area contributed by atoms with Crippen molar-refractivity contribution in [3.8, 4) is 0 Å². The molecule has 1 unspecified atom stereocenters. The van der Waals surface area contributed by atoms with Gasteiger partial charge in [-0.3, -0.25) is 14.4 Å². The Bertz CT molecular complexity index is 367. The Morgan fingerprint density at radius 3 is 2.12 bits per heavy atom. The third-order valence-electron chi connectivity index (χ3n) is 3.69. The van der Waals surface area contributed by atoms with Crippen molar-refractivity contribution in [2.45, 2.75) is 90.6 Å². The Morgan fingerprint density at radius 2 is 1.54 bits per heavy atom. The van der Waals surface area contributed by atoms with Crippen molar-refractivity contribution in [3.05, 3.63) is 0 Å². The summed E-state index contributed by atoms with van der Waals surface area (Å²) in [6, 6.07) is 0. The van der Waals surface area contributed by atoms with Gasteiger partial charge in [-0.15, -0.1) is 0 Å². The molecule has 0 aromatic carbocycles. The predicted molar refractivity (Wildman–Crippen MR) is 90.6 cm³/mol. The lowest BCUT2D eigenvalue weighted by molar-refractivity contribution is -0.165. The minimum atomic E-state index is -0.790. The number of carboxylic acids is 1. The number of Topliss-reactive ketones (excluding diaryl/α,β-unsaturated/α-hetero) is 1. The summed E-state index contributed by atoms with van der Waals surface area (Å²) >= 11 is 0. The molecular weight excluding hydrogens is 312 g/mol. The molecule has 140 valence electrons. The molecule has 0 aromatic heterocycles. The van der Waals surface area contributed by atoms with Crippen LogP contribution in [0.25, 0.3) is 0 Å². The van der Waals surface area contributed by atoms with Crippen LogP contribution in [0.2, 0.25) is 0 Å². The number of carbonyl (C=O) groups is 3. The van der Waals surface area contributed by atoms with Crippen LogP contribution < -0.4 is 0 Å². The Morgan fingerprint density at radius 1 is 0.875 bits per heavy atom. The van der Waals surface area contributed by atoms with Crippen LogP contribution in [0.4, 0.5) is 0 Å². The van der Waals surface area contributed by atoms with Crippen molar-refractivity contribution in [1.29, 1.82) is 0 Å². The maximum absolute atomic E-state index is 11.9. The molecule has 0 saturated carbocycles. The standard InChI is InChI=1S/C18H32O6/c1-3-5-11-16(15(19)10-4-2)23-14-24-18(22)13-9-7-6-8-12-17(20)21/h16H,3-14H2,1-2H3,(H,20,21). The van der Waals surface area contributed by atoms with E-state index < -0.39 is 12.1 Å². The summed E-state index contributed by atoms with van der Waals surface area (Å²) in [7, 11) is 0. The number of rotatable bonds is 16. The highest BCUT2D eigenvalue weighted by atomic mass is 16.7. The van der Waals surface area contributed by atoms with E-state index >= 15 is 0 Å². The lowest BCUT2D eigenvalue weighted by atomic mass is 10.1. The van der Waals surface area contributed by atoms with Crippen LogP contribution in [-0.2, 0) is 23.9 Å². The molecule has 0 spiro atoms. The first-order valence-electron chi connectivity index (χ1n) is 9.02. The highest BCUT2D eigenvalue weighted by Gasteiger charge is 2.18. The summed E-state index contributed by atoms with van der Waals surface area (Å²) < 4.78 is 10.5. The molecule has 0 aliphatic rings. The topological polar surface area (TPSA) is 89.9 Å². The van der Waals surface area contributed by atoms with Crippen LogP contribution in [0.15, 0.2) is 0 Å². The van der Waals surface area contributed by atoms with E-state index in [-0.39, 0.29) is 25.0 Å². The summed E-state index contributed by atoms with van der Waals surface area (Å²) in [5.74, 6) is -1.06. The first kappa shape index (κ1) is 22.6. The summed E-state index contributed by atoms with van der Waals surface area (Å²) in [6.07, 6.45) is 6.71. The van der Waals surface area contributed by atoms with Gasteiger partial charge in [-0.05, 0) is 25.7 Å². The molecule has 0 amide bonds. The fourth-order valence-electron chi connectivity index (χ4n) is 2.29. The second kappa shape index (κ2) is 15.1. The number of ether oxygens (including phenoxy) is 2. The van der Waals surface area contributed by atoms with E-state index in [1.165, 1.54) is 0 Å². The quantitative estimate of drug-likeness (QED) is 0.260. The number of ketones is 1. The van der Waals surface area contributed by atoms with E-state index in [9.17, 15) is 14.4 Å². The maximum atomic E-state index is 11.9. The van der Waals surface area contributed by atoms with Gasteiger partial charge in [-0.2, -0.15) is 0 Å². The van der Waals surface area contributed by atoms with Gasteiger partial charge in [0.25, 0.3) is 0 Å². The molecule has 0 aliphatic heterocycles. The molecule has 0 rings (SSSR count). The predicted octanol–water partition coefficient (Wildman–Crippen LogP) is 3.86. The van der Waals surface area contributed by atoms with E-state index in [2.05, 4.69) is 6.92 Å². The molecule has 0 aromatic rings. The van der Waals surface area contributed by atoms with E-state index in [4.69, 9.17) is 14.6 Å². The molecule has 6 nitrogen and oxygen atoms in total. The van der Waals surface area contributed by atoms with Gasteiger partial charge in [0.05, 0.1) is 0 Å². The van der Waals surface area contributed by atoms with Crippen LogP contribution in [0.3, 0.4) is 0 Å². The SMILES string of the molecule is CCCCC(OCOC(=O)CCCCCCC(=O)O)C(=O)CCC. The first-order valence-corrected chi connectivity index (χ1v) is 9.02. The molecular formula is C18H32O6. The zero-order valence-electron chi connectivity index (χ0n) is 15.1. The van der Waals surface area contributed by atoms with Crippen LogP contribution in [-0.4, -0.2) is 35.7 Å². The molecule has 0 saturated heterocycles. The van der Waals surface area contributed by atoms with Gasteiger partial charge in [-0.25, -0.2) is 0 Å². The van der Waals surface area contributed by atoms with E-state index in [0.717, 1.165) is 32.1 Å². The highest BCUT2D eigenvalue weighted by molar-refractivity contribution is 5.83. The number of carbonyl (C=O) groups excluding carboxylic acids is 2. The third kappa shape index (κ3) is 13.0. The maximum Gasteiger partial charge on any atom is 0.307 e. The smallest absolute Gasteiger partial charge is 0.307 e. The van der Waals surface area contributed by atoms with E-state index in [0.29, 0.717) is 32.1 Å². The average molecular weight is 344 g/mol. The number of carboxylic acid groups (broad SMARTS) is 1. The van der Waals surface area contributed by atoms with Crippen molar-refractivity contribution in [1.82, 2.24) is 0 Å². The van der Waals surface area contributed by atoms with E-state index in [1.807, 2.05) is 6.92 Å². The minimum absolute atomic E-state index is 0.0698. The third-order valence-corrected chi connectivity index (χ3v) is 3.69. The Labute approximate surface area is 144 Å². The molecule has 0 bridgehead atoms. The number of esters is 1. The molecule has 0 radical (unpaired) electrons. The fraction of sp³-hybridized carbons (Fsp3) is 0.833. The van der Waals surface area contributed by atoms with E-state index in [1.54, 1.807) is 0 Å². The first-order chi connectivity index (χ1) is 11.5. The normalized spacial score (nSPS) is 11.9. The van der Waals surface area contributed by atoms with Crippen LogP contribution >= 0.6 is 0 Å². The van der Waals surface area contributed by atoms with Gasteiger partial charge in [0.2, 0.25) is 0 Å². The number of hydrogen-bond acceptors (Lipinski definition) is 5. The molecule has 1 N–H and O–H groups in total. The summed E-state index contributed by atoms with van der Waals surface area (Å²) in [5.41, 5.74) is 0. The Hall–Kier alpha value is -1.43. The molecule has 0 aliphatic carbocycles. The monoisotopic (exact) mass is 344 g/mol. The second-order valence-electron chi connectivity index (χ2n) is 5.96. The average Bonchev–Trinajstić information content (AvgIpc) is 2.53. The molecule has 1 atom stereocenters. The number of aliphatic carboxylic acids is 1. The highest BCUT2D eigenvalue weighted by Crippen LogP contribution is 2.10. The van der Waals surface area contributed by atoms with Gasteiger partial charge in [0, 0.05) is 19.3 Å². The van der Waals surface area contributed by atoms with Crippen LogP contribution in [0.5, 0.6) is 0 Å². The lowest BCUT2D eigenvalue weighted by Gasteiger charge is -2.16. The minimum Gasteiger partial charge on any atom is -0.481 e. The summed E-state index contributed by atoms with van der Waals surface area (Å²) in [5, 5.41) is 8.51. The van der Waals surface area contributed by atoms with Crippen molar-refractivity contribution < 1.29 is 29.0 Å². The molecule has 6 heteroatoms. The van der Waals surface area contributed by atoms with Crippen LogP contribution in [0.1, 0.15) is 84.5 Å². The van der Waals surface area contributed by atoms with Gasteiger partial charge in [-0.1, -0.05) is 39.5 Å². The van der Waals surface area contributed by atoms with Crippen molar-refractivity contribution in [2.75, 3.05) is 6.79 Å². The molecule has 0 heterocycles. The zero-order valence-corrected chi connectivity index (χ0v) is 15.1. The van der Waals surface area contributed by atoms with Crippen LogP contribution in [0, 0.1) is 0 Å². The zero-order chi connectivity index (χ0) is 18.2. The van der Waals surface area contributed by atoms with Crippen molar-refractivity contribution in [2.24, 2.45) is 0 Å². The van der Waals surface area contributed by atoms with Gasteiger partial charge in [0.15, 0.2) is 12.6 Å². The molecule has 24 heavy (non-hydrogen) atoms. The lowest BCUT2D eigenvalue weighted by Crippen LogP contribution is -2.26. The number of unbranched alkanes of at least 4 members (excludes halogenated alkanes) is 4. The Balaban J connectivity index is 3.81. The van der Waals surface area contributed by atoms with Gasteiger partial charge >= 0.3 is 11.9 Å². The van der Waals surface area contributed by atoms with Crippen molar-refractivity contribution >= 4 is 17.7 Å². The van der Waals surface area contributed by atoms with Gasteiger partial charge < -0.3 is 14.6 Å². The Kier molecular flexibility index (Phi) is 14.2. The fourth-order valence-corrected chi connectivity index (χ4v) is 2.29. The second-order valence-corrected chi connectivity index (χ2v) is 5.96. The number of hydrogen-bond donors (Lipinski definition) is 1. The largest absolute Gasteiger partial charge is 0.481 e.